The maximum atomic E-state index is 9.51. The monoisotopic (exact) mass is 144 g/mol. The van der Waals surface area contributed by atoms with Gasteiger partial charge >= 0.3 is 0 Å². The Morgan fingerprint density at radius 1 is 1.18 bits per heavy atom. The molecule has 3 rings (SSSR count). The van der Waals surface area contributed by atoms with Gasteiger partial charge in [-0.05, 0) is 28.7 Å². The Kier molecular flexibility index (Phi) is 0.789. The van der Waals surface area contributed by atoms with Crippen LogP contribution in [-0.4, -0.2) is 11.2 Å². The first-order valence-corrected chi connectivity index (χ1v) is 3.87. The van der Waals surface area contributed by atoms with Gasteiger partial charge in [0, 0.05) is 0 Å². The summed E-state index contributed by atoms with van der Waals surface area (Å²) in [6.45, 7) is 0. The molecular formula is C10H8O. The van der Waals surface area contributed by atoms with Crippen LogP contribution >= 0.6 is 0 Å². The van der Waals surface area contributed by atoms with Crippen molar-refractivity contribution in [2.45, 2.75) is 12.5 Å². The number of aliphatic hydroxyl groups is 1. The maximum absolute atomic E-state index is 9.51. The summed E-state index contributed by atoms with van der Waals surface area (Å²) in [5.74, 6) is 0. The quantitative estimate of drug-likeness (QED) is 0.546. The lowest BCUT2D eigenvalue weighted by atomic mass is 10.0. The Morgan fingerprint density at radius 2 is 2.00 bits per heavy atom. The Morgan fingerprint density at radius 3 is 2.82 bits per heavy atom. The van der Waals surface area contributed by atoms with Crippen LogP contribution in [0.3, 0.4) is 0 Å². The molecule has 0 radical (unpaired) electrons. The van der Waals surface area contributed by atoms with E-state index in [1.54, 1.807) is 0 Å². The molecule has 0 saturated heterocycles. The molecule has 11 heavy (non-hydrogen) atoms. The molecule has 54 valence electrons. The van der Waals surface area contributed by atoms with E-state index in [1.807, 2.05) is 12.2 Å². The van der Waals surface area contributed by atoms with Crippen molar-refractivity contribution in [1.82, 2.24) is 0 Å². The fourth-order valence-corrected chi connectivity index (χ4v) is 2.07. The lowest BCUT2D eigenvalue weighted by Crippen LogP contribution is -2.02. The molecule has 0 aliphatic heterocycles. The van der Waals surface area contributed by atoms with Crippen molar-refractivity contribution in [2.24, 2.45) is 0 Å². The van der Waals surface area contributed by atoms with Crippen LogP contribution in [0, 0.1) is 0 Å². The Balaban J connectivity index is 2.32. The molecule has 0 aromatic heterocycles. The zero-order chi connectivity index (χ0) is 7.42. The molecule has 1 heteroatoms. The van der Waals surface area contributed by atoms with Crippen LogP contribution in [-0.2, 0) is 0 Å². The van der Waals surface area contributed by atoms with Gasteiger partial charge in [0.25, 0.3) is 0 Å². The second kappa shape index (κ2) is 1.56. The van der Waals surface area contributed by atoms with Crippen molar-refractivity contribution in [3.05, 3.63) is 46.6 Å². The van der Waals surface area contributed by atoms with Gasteiger partial charge in [-0.2, -0.15) is 0 Å². The smallest absolute Gasteiger partial charge is 0.0983 e. The van der Waals surface area contributed by atoms with E-state index in [9.17, 15) is 5.11 Å². The minimum absolute atomic E-state index is 0.331. The average Bonchev–Trinajstić information content (AvgIpc) is 2.60. The van der Waals surface area contributed by atoms with E-state index in [2.05, 4.69) is 12.2 Å². The predicted octanol–water partition coefficient (Wildman–Crippen LogP) is 1.48. The van der Waals surface area contributed by atoms with Gasteiger partial charge in [0.2, 0.25) is 0 Å². The molecule has 0 aromatic rings. The summed E-state index contributed by atoms with van der Waals surface area (Å²) >= 11 is 0. The van der Waals surface area contributed by atoms with E-state index in [4.69, 9.17) is 0 Å². The Labute approximate surface area is 65.0 Å². The standard InChI is InChI=1S/C10H8O/c11-9-4-3-8-6-1-2-7(5-6)10(8)9/h1-4,9,11H,5H2. The van der Waals surface area contributed by atoms with Crippen LogP contribution in [0.2, 0.25) is 0 Å². The van der Waals surface area contributed by atoms with E-state index in [1.165, 1.54) is 16.7 Å². The van der Waals surface area contributed by atoms with Crippen LogP contribution < -0.4 is 0 Å². The molecule has 1 N–H and O–H groups in total. The molecule has 0 fully saturated rings. The van der Waals surface area contributed by atoms with Crippen LogP contribution in [0.15, 0.2) is 46.6 Å². The van der Waals surface area contributed by atoms with Gasteiger partial charge < -0.3 is 5.11 Å². The molecule has 3 aliphatic rings. The number of fused-ring (bicyclic) bond motifs is 3. The summed E-state index contributed by atoms with van der Waals surface area (Å²) in [5.41, 5.74) is 5.12. The first-order valence-electron chi connectivity index (χ1n) is 3.87. The minimum Gasteiger partial charge on any atom is -0.384 e. The number of hydrogen-bond acceptors (Lipinski definition) is 1. The number of aliphatic hydroxyl groups excluding tert-OH is 1. The second-order valence-electron chi connectivity index (χ2n) is 3.19. The van der Waals surface area contributed by atoms with Crippen LogP contribution in [0.25, 0.3) is 0 Å². The first-order chi connectivity index (χ1) is 5.36. The van der Waals surface area contributed by atoms with Gasteiger partial charge in [-0.1, -0.05) is 24.3 Å². The summed E-state index contributed by atoms with van der Waals surface area (Å²) in [6.07, 6.45) is 8.87. The molecule has 1 nitrogen and oxygen atoms in total. The summed E-state index contributed by atoms with van der Waals surface area (Å²) in [7, 11) is 0. The van der Waals surface area contributed by atoms with Gasteiger partial charge in [0.1, 0.15) is 0 Å². The predicted molar refractivity (Wildman–Crippen MR) is 43.0 cm³/mol. The van der Waals surface area contributed by atoms with E-state index in [-0.39, 0.29) is 6.10 Å². The van der Waals surface area contributed by atoms with Crippen molar-refractivity contribution in [2.75, 3.05) is 0 Å². The van der Waals surface area contributed by atoms with Gasteiger partial charge in [0.05, 0.1) is 6.10 Å². The molecule has 2 bridgehead atoms. The largest absolute Gasteiger partial charge is 0.384 e. The highest BCUT2D eigenvalue weighted by molar-refractivity contribution is 5.68. The van der Waals surface area contributed by atoms with E-state index < -0.39 is 0 Å². The first kappa shape index (κ1) is 5.56. The van der Waals surface area contributed by atoms with Crippen LogP contribution in [0.1, 0.15) is 6.42 Å². The highest BCUT2D eigenvalue weighted by atomic mass is 16.3. The van der Waals surface area contributed by atoms with Crippen molar-refractivity contribution >= 4 is 0 Å². The fraction of sp³-hybridized carbons (Fsp3) is 0.200. The van der Waals surface area contributed by atoms with Gasteiger partial charge in [0.15, 0.2) is 0 Å². The zero-order valence-corrected chi connectivity index (χ0v) is 6.04. The van der Waals surface area contributed by atoms with E-state index in [0.717, 1.165) is 12.0 Å². The number of hydrogen-bond donors (Lipinski definition) is 1. The molecule has 1 atom stereocenters. The molecule has 0 amide bonds. The van der Waals surface area contributed by atoms with Crippen LogP contribution in [0.5, 0.6) is 0 Å². The maximum Gasteiger partial charge on any atom is 0.0983 e. The van der Waals surface area contributed by atoms with Crippen molar-refractivity contribution in [3.63, 3.8) is 0 Å². The highest BCUT2D eigenvalue weighted by Crippen LogP contribution is 2.44. The summed E-state index contributed by atoms with van der Waals surface area (Å²) < 4.78 is 0. The molecule has 0 saturated carbocycles. The lowest BCUT2D eigenvalue weighted by molar-refractivity contribution is 0.265. The third-order valence-electron chi connectivity index (χ3n) is 2.59. The average molecular weight is 144 g/mol. The van der Waals surface area contributed by atoms with Gasteiger partial charge in [-0.15, -0.1) is 0 Å². The molecule has 0 aromatic carbocycles. The SMILES string of the molecule is OC1C=CC2=C3C=CC(=C21)C3. The summed E-state index contributed by atoms with van der Waals surface area (Å²) in [6, 6.07) is 0. The lowest BCUT2D eigenvalue weighted by Gasteiger charge is -2.05. The normalized spacial score (nSPS) is 31.2. The third-order valence-corrected chi connectivity index (χ3v) is 2.59. The van der Waals surface area contributed by atoms with Gasteiger partial charge in [-0.25, -0.2) is 0 Å². The molecule has 0 spiro atoms. The molecule has 3 aliphatic carbocycles. The Bertz CT molecular complexity index is 353. The third kappa shape index (κ3) is 0.511. The topological polar surface area (TPSA) is 20.2 Å². The number of allylic oxidation sites excluding steroid dienone is 5. The fourth-order valence-electron chi connectivity index (χ4n) is 2.07. The van der Waals surface area contributed by atoms with Gasteiger partial charge in [-0.3, -0.25) is 0 Å². The Hall–Kier alpha value is -1.08. The zero-order valence-electron chi connectivity index (χ0n) is 6.04. The summed E-state index contributed by atoms with van der Waals surface area (Å²) in [5, 5.41) is 9.51. The minimum atomic E-state index is -0.331. The second-order valence-corrected chi connectivity index (χ2v) is 3.19. The molecular weight excluding hydrogens is 136 g/mol. The number of rotatable bonds is 0. The molecule has 0 heterocycles. The van der Waals surface area contributed by atoms with Crippen LogP contribution in [0.4, 0.5) is 0 Å². The highest BCUT2D eigenvalue weighted by Gasteiger charge is 2.30. The van der Waals surface area contributed by atoms with Crippen molar-refractivity contribution in [1.29, 1.82) is 0 Å². The van der Waals surface area contributed by atoms with Crippen molar-refractivity contribution in [3.8, 4) is 0 Å². The van der Waals surface area contributed by atoms with Crippen molar-refractivity contribution < 1.29 is 5.11 Å². The van der Waals surface area contributed by atoms with E-state index in [0.29, 0.717) is 0 Å². The molecule has 1 unspecified atom stereocenters. The van der Waals surface area contributed by atoms with E-state index >= 15 is 0 Å². The summed E-state index contributed by atoms with van der Waals surface area (Å²) in [4.78, 5) is 0.